The Morgan fingerprint density at radius 3 is 2.38 bits per heavy atom. The summed E-state index contributed by atoms with van der Waals surface area (Å²) in [6.45, 7) is 5.33. The number of rotatable bonds is 7. The summed E-state index contributed by atoms with van der Waals surface area (Å²) in [5.41, 5.74) is 0. The van der Waals surface area contributed by atoms with Gasteiger partial charge in [-0.05, 0) is 61.0 Å². The van der Waals surface area contributed by atoms with E-state index in [9.17, 15) is 0 Å². The summed E-state index contributed by atoms with van der Waals surface area (Å²) in [5.74, 6) is 0.818. The van der Waals surface area contributed by atoms with Crippen LogP contribution in [0, 0.1) is 0 Å². The van der Waals surface area contributed by atoms with Crippen molar-refractivity contribution < 1.29 is 9.47 Å². The third-order valence-corrected chi connectivity index (χ3v) is 6.20. The van der Waals surface area contributed by atoms with Gasteiger partial charge in [-0.15, -0.1) is 23.1 Å². The van der Waals surface area contributed by atoms with E-state index in [0.29, 0.717) is 13.2 Å². The van der Waals surface area contributed by atoms with E-state index in [1.54, 1.807) is 23.1 Å². The Balaban J connectivity index is 0.000000206. The van der Waals surface area contributed by atoms with E-state index < -0.39 is 0 Å². The molecule has 26 heavy (non-hydrogen) atoms. The molecule has 0 N–H and O–H groups in total. The third kappa shape index (κ3) is 7.71. The molecule has 2 nitrogen and oxygen atoms in total. The monoisotopic (exact) mass is 516 g/mol. The van der Waals surface area contributed by atoms with Gasteiger partial charge in [-0.25, -0.2) is 0 Å². The molecule has 0 radical (unpaired) electrons. The van der Waals surface area contributed by atoms with Crippen LogP contribution in [0.2, 0.25) is 0 Å². The summed E-state index contributed by atoms with van der Waals surface area (Å²) in [7, 11) is 0. The maximum atomic E-state index is 5.48. The molecule has 0 unspecified atom stereocenters. The minimum absolute atomic E-state index is 0.112. The van der Waals surface area contributed by atoms with Crippen LogP contribution in [0.3, 0.4) is 0 Å². The van der Waals surface area contributed by atoms with Crippen LogP contribution in [-0.4, -0.2) is 25.3 Å². The summed E-state index contributed by atoms with van der Waals surface area (Å²) in [4.78, 5) is 1.22. The van der Waals surface area contributed by atoms with Crippen molar-refractivity contribution in [3.8, 4) is 0 Å². The average molecular weight is 518 g/mol. The minimum Gasteiger partial charge on any atom is -0.352 e. The van der Waals surface area contributed by atoms with E-state index in [2.05, 4.69) is 73.6 Å². The maximum Gasteiger partial charge on any atom is 0.166 e. The van der Waals surface area contributed by atoms with E-state index >= 15 is 0 Å². The van der Waals surface area contributed by atoms with Crippen molar-refractivity contribution >= 4 is 65.0 Å². The number of thioether (sulfide) groups is 1. The van der Waals surface area contributed by atoms with Crippen molar-refractivity contribution in [1.82, 2.24) is 0 Å². The Labute approximate surface area is 180 Å². The van der Waals surface area contributed by atoms with Gasteiger partial charge in [-0.3, -0.25) is 0 Å². The number of halogens is 2. The molecule has 1 heterocycles. The molecule has 0 amide bonds. The second-order valence-corrected chi connectivity index (χ2v) is 9.08. The van der Waals surface area contributed by atoms with Gasteiger partial charge in [-0.2, -0.15) is 0 Å². The minimum atomic E-state index is -0.112. The van der Waals surface area contributed by atoms with Crippen LogP contribution in [0.15, 0.2) is 67.8 Å². The fourth-order valence-electron chi connectivity index (χ4n) is 2.17. The van der Waals surface area contributed by atoms with Gasteiger partial charge >= 0.3 is 0 Å². The van der Waals surface area contributed by atoms with E-state index in [1.165, 1.54) is 15.0 Å². The van der Waals surface area contributed by atoms with Gasteiger partial charge in [0, 0.05) is 37.5 Å². The number of fused-ring (bicyclic) bond motifs is 1. The predicted octanol–water partition coefficient (Wildman–Crippen LogP) is 7.60. The summed E-state index contributed by atoms with van der Waals surface area (Å²) < 4.78 is 14.6. The molecular formula is C20H22Br2O2S2. The molecule has 0 spiro atoms. The largest absolute Gasteiger partial charge is 0.352 e. The van der Waals surface area contributed by atoms with Crippen LogP contribution in [-0.2, 0) is 9.47 Å². The number of ether oxygens (including phenoxy) is 2. The predicted molar refractivity (Wildman–Crippen MR) is 121 cm³/mol. The lowest BCUT2D eigenvalue weighted by Gasteiger charge is -2.16. The third-order valence-electron chi connectivity index (χ3n) is 3.31. The van der Waals surface area contributed by atoms with Gasteiger partial charge in [0.05, 0.1) is 0 Å². The maximum absolute atomic E-state index is 5.48. The molecule has 0 saturated carbocycles. The molecule has 0 aliphatic carbocycles. The molecule has 3 aromatic rings. The zero-order valence-electron chi connectivity index (χ0n) is 14.8. The van der Waals surface area contributed by atoms with Gasteiger partial charge in [0.1, 0.15) is 0 Å². The molecule has 0 atom stereocenters. The van der Waals surface area contributed by atoms with E-state index in [4.69, 9.17) is 9.47 Å². The lowest BCUT2D eigenvalue weighted by molar-refractivity contribution is -0.120. The van der Waals surface area contributed by atoms with Crippen LogP contribution in [0.25, 0.3) is 10.1 Å². The Kier molecular flexibility index (Phi) is 10.3. The summed E-state index contributed by atoms with van der Waals surface area (Å²) >= 11 is 10.4. The molecule has 140 valence electrons. The highest BCUT2D eigenvalue weighted by atomic mass is 79.9. The van der Waals surface area contributed by atoms with E-state index in [0.717, 1.165) is 14.7 Å². The first kappa shape index (κ1) is 21.9. The molecule has 0 aliphatic heterocycles. The molecule has 2 aromatic carbocycles. The smallest absolute Gasteiger partial charge is 0.166 e. The molecule has 0 bridgehead atoms. The summed E-state index contributed by atoms with van der Waals surface area (Å²) in [5, 5.41) is 3.44. The van der Waals surface area contributed by atoms with Crippen molar-refractivity contribution in [3.05, 3.63) is 62.9 Å². The first-order valence-electron chi connectivity index (χ1n) is 8.36. The zero-order chi connectivity index (χ0) is 18.8. The average Bonchev–Trinajstić information content (AvgIpc) is 3.08. The van der Waals surface area contributed by atoms with Gasteiger partial charge in [0.15, 0.2) is 6.29 Å². The van der Waals surface area contributed by atoms with E-state index in [-0.39, 0.29) is 6.29 Å². The van der Waals surface area contributed by atoms with Crippen LogP contribution < -0.4 is 0 Å². The Bertz CT molecular complexity index is 786. The highest BCUT2D eigenvalue weighted by Crippen LogP contribution is 2.24. The van der Waals surface area contributed by atoms with Crippen molar-refractivity contribution in [2.24, 2.45) is 0 Å². The molecule has 0 saturated heterocycles. The van der Waals surface area contributed by atoms with Crippen LogP contribution in [0.1, 0.15) is 13.8 Å². The van der Waals surface area contributed by atoms with Gasteiger partial charge in [0.2, 0.25) is 0 Å². The second-order valence-electron chi connectivity index (χ2n) is 5.21. The highest BCUT2D eigenvalue weighted by molar-refractivity contribution is 9.10. The Hall–Kier alpha value is -0.370. The number of hydrogen-bond acceptors (Lipinski definition) is 4. The highest BCUT2D eigenvalue weighted by Gasteiger charge is 2.08. The van der Waals surface area contributed by atoms with Crippen LogP contribution in [0.4, 0.5) is 0 Å². The molecule has 3 rings (SSSR count). The fraction of sp³-hybridized carbons (Fsp3) is 0.300. The Morgan fingerprint density at radius 1 is 0.962 bits per heavy atom. The number of thiophene rings is 1. The van der Waals surface area contributed by atoms with Crippen molar-refractivity contribution in [1.29, 1.82) is 0 Å². The van der Waals surface area contributed by atoms with Crippen molar-refractivity contribution in [3.63, 3.8) is 0 Å². The fourth-order valence-corrected chi connectivity index (χ4v) is 4.96. The zero-order valence-corrected chi connectivity index (χ0v) is 19.6. The topological polar surface area (TPSA) is 18.5 Å². The lowest BCUT2D eigenvalue weighted by Crippen LogP contribution is -2.19. The molecule has 0 fully saturated rings. The molecule has 6 heteroatoms. The first-order chi connectivity index (χ1) is 12.6. The van der Waals surface area contributed by atoms with Crippen molar-refractivity contribution in [2.45, 2.75) is 25.0 Å². The standard InChI is InChI=1S/C12H17BrO2S.C8H5BrS/c1-3-14-12(15-4-2)9-16-11-7-5-6-10(13)8-11;9-7-2-1-6-3-4-10-8(6)5-7/h5-8,12H,3-4,9H2,1-2H3;1-5H. The lowest BCUT2D eigenvalue weighted by atomic mass is 10.3. The van der Waals surface area contributed by atoms with Crippen LogP contribution in [0.5, 0.6) is 0 Å². The van der Waals surface area contributed by atoms with Gasteiger partial charge < -0.3 is 9.47 Å². The van der Waals surface area contributed by atoms with E-state index in [1.807, 2.05) is 26.0 Å². The normalized spacial score (nSPS) is 10.8. The molecule has 1 aromatic heterocycles. The molecule has 0 aliphatic rings. The van der Waals surface area contributed by atoms with Gasteiger partial charge in [0.25, 0.3) is 0 Å². The van der Waals surface area contributed by atoms with Gasteiger partial charge in [-0.1, -0.05) is 44.0 Å². The Morgan fingerprint density at radius 2 is 1.69 bits per heavy atom. The quantitative estimate of drug-likeness (QED) is 0.237. The van der Waals surface area contributed by atoms with Crippen LogP contribution >= 0.6 is 55.0 Å². The van der Waals surface area contributed by atoms with Crippen molar-refractivity contribution in [2.75, 3.05) is 19.0 Å². The number of hydrogen-bond donors (Lipinski definition) is 0. The number of benzene rings is 2. The first-order valence-corrected chi connectivity index (χ1v) is 11.8. The summed E-state index contributed by atoms with van der Waals surface area (Å²) in [6, 6.07) is 16.7. The summed E-state index contributed by atoms with van der Waals surface area (Å²) in [6.07, 6.45) is -0.112. The SMILES string of the molecule is Brc1ccc2ccsc2c1.CCOC(CSc1cccc(Br)c1)OCC. The second kappa shape index (κ2) is 12.2. The molecular weight excluding hydrogens is 496 g/mol.